The molecule has 0 radical (unpaired) electrons. The molecule has 1 aromatic carbocycles. The molecule has 0 amide bonds. The SMILES string of the molecule is CNC1(C)CCN(S(=O)(=O)c2cc(F)cc(F)c2)CC1. The molecule has 0 bridgehead atoms. The first-order valence-electron chi connectivity index (χ1n) is 6.42. The van der Waals surface area contributed by atoms with Gasteiger partial charge in [0, 0.05) is 24.7 Å². The number of sulfonamides is 1. The van der Waals surface area contributed by atoms with Crippen molar-refractivity contribution in [3.63, 3.8) is 0 Å². The molecule has 7 heteroatoms. The van der Waals surface area contributed by atoms with Crippen molar-refractivity contribution in [2.75, 3.05) is 20.1 Å². The normalized spacial score (nSPS) is 20.0. The summed E-state index contributed by atoms with van der Waals surface area (Å²) in [6.45, 7) is 2.69. The van der Waals surface area contributed by atoms with Gasteiger partial charge in [-0.25, -0.2) is 17.2 Å². The van der Waals surface area contributed by atoms with E-state index in [9.17, 15) is 17.2 Å². The Labute approximate surface area is 117 Å². The molecular formula is C13H18F2N2O2S. The summed E-state index contributed by atoms with van der Waals surface area (Å²) in [6, 6.07) is 2.36. The monoisotopic (exact) mass is 304 g/mol. The molecule has 1 fully saturated rings. The first kappa shape index (κ1) is 15.3. The van der Waals surface area contributed by atoms with Crippen LogP contribution in [-0.2, 0) is 10.0 Å². The summed E-state index contributed by atoms with van der Waals surface area (Å²) in [5.41, 5.74) is -0.0980. The number of benzene rings is 1. The predicted octanol–water partition coefficient (Wildman–Crippen LogP) is 1.73. The second-order valence-corrected chi connectivity index (χ2v) is 7.26. The molecule has 1 aliphatic heterocycles. The molecular weight excluding hydrogens is 286 g/mol. The van der Waals surface area contributed by atoms with Gasteiger partial charge in [0.1, 0.15) is 11.6 Å². The molecule has 0 unspecified atom stereocenters. The molecule has 4 nitrogen and oxygen atoms in total. The van der Waals surface area contributed by atoms with Crippen molar-refractivity contribution in [1.82, 2.24) is 9.62 Å². The highest BCUT2D eigenvalue weighted by Gasteiger charge is 2.34. The zero-order chi connectivity index (χ0) is 15.0. The lowest BCUT2D eigenvalue weighted by Gasteiger charge is -2.38. The van der Waals surface area contributed by atoms with Crippen LogP contribution in [0.5, 0.6) is 0 Å². The fraction of sp³-hybridized carbons (Fsp3) is 0.538. The molecule has 1 aromatic rings. The summed E-state index contributed by atoms with van der Waals surface area (Å²) in [5.74, 6) is -1.78. The molecule has 1 heterocycles. The smallest absolute Gasteiger partial charge is 0.243 e. The van der Waals surface area contributed by atoms with Gasteiger partial charge >= 0.3 is 0 Å². The molecule has 0 atom stereocenters. The maximum Gasteiger partial charge on any atom is 0.243 e. The van der Waals surface area contributed by atoms with Gasteiger partial charge in [-0.1, -0.05) is 0 Å². The van der Waals surface area contributed by atoms with Crippen molar-refractivity contribution in [2.45, 2.75) is 30.2 Å². The average molecular weight is 304 g/mol. The lowest BCUT2D eigenvalue weighted by atomic mass is 9.91. The number of nitrogens with one attached hydrogen (secondary N) is 1. The van der Waals surface area contributed by atoms with Crippen LogP contribution in [0.2, 0.25) is 0 Å². The van der Waals surface area contributed by atoms with Crippen molar-refractivity contribution in [3.8, 4) is 0 Å². The Morgan fingerprint density at radius 2 is 1.65 bits per heavy atom. The number of piperidine rings is 1. The standard InChI is InChI=1S/C13H18F2N2O2S/c1-13(16-2)3-5-17(6-4-13)20(18,19)12-8-10(14)7-11(15)9-12/h7-9,16H,3-6H2,1-2H3. The van der Waals surface area contributed by atoms with E-state index in [1.165, 1.54) is 4.31 Å². The zero-order valence-electron chi connectivity index (χ0n) is 11.5. The largest absolute Gasteiger partial charge is 0.314 e. The van der Waals surface area contributed by atoms with Crippen LogP contribution in [0.1, 0.15) is 19.8 Å². The van der Waals surface area contributed by atoms with E-state index in [0.29, 0.717) is 32.0 Å². The van der Waals surface area contributed by atoms with Crippen LogP contribution in [0, 0.1) is 11.6 Å². The maximum absolute atomic E-state index is 13.2. The number of hydrogen-bond donors (Lipinski definition) is 1. The quantitative estimate of drug-likeness (QED) is 0.925. The molecule has 1 N–H and O–H groups in total. The molecule has 112 valence electrons. The molecule has 1 aliphatic rings. The van der Waals surface area contributed by atoms with Crippen LogP contribution in [-0.4, -0.2) is 38.4 Å². The highest BCUT2D eigenvalue weighted by atomic mass is 32.2. The summed E-state index contributed by atoms with van der Waals surface area (Å²) >= 11 is 0. The van der Waals surface area contributed by atoms with Gasteiger partial charge in [0.25, 0.3) is 0 Å². The lowest BCUT2D eigenvalue weighted by molar-refractivity contribution is 0.219. The van der Waals surface area contributed by atoms with Gasteiger partial charge in [-0.2, -0.15) is 4.31 Å². The zero-order valence-corrected chi connectivity index (χ0v) is 12.3. The molecule has 0 aliphatic carbocycles. The van der Waals surface area contributed by atoms with E-state index < -0.39 is 21.7 Å². The minimum atomic E-state index is -3.84. The molecule has 2 rings (SSSR count). The highest BCUT2D eigenvalue weighted by molar-refractivity contribution is 7.89. The summed E-state index contributed by atoms with van der Waals surface area (Å²) in [4.78, 5) is -0.330. The van der Waals surface area contributed by atoms with E-state index in [-0.39, 0.29) is 10.4 Å². The Bertz CT molecular complexity index is 576. The van der Waals surface area contributed by atoms with Gasteiger partial charge in [0.2, 0.25) is 10.0 Å². The second kappa shape index (κ2) is 5.38. The third-order valence-electron chi connectivity index (χ3n) is 3.90. The van der Waals surface area contributed by atoms with Gasteiger partial charge in [0.05, 0.1) is 4.90 Å². The number of rotatable bonds is 3. The van der Waals surface area contributed by atoms with Crippen LogP contribution < -0.4 is 5.32 Å². The Balaban J connectivity index is 2.24. The lowest BCUT2D eigenvalue weighted by Crippen LogP contribution is -2.51. The van der Waals surface area contributed by atoms with Crippen LogP contribution in [0.3, 0.4) is 0 Å². The average Bonchev–Trinajstić information content (AvgIpc) is 2.38. The fourth-order valence-corrected chi connectivity index (χ4v) is 3.78. The molecule has 0 aromatic heterocycles. The Hall–Kier alpha value is -1.05. The number of halogens is 2. The molecule has 0 spiro atoms. The summed E-state index contributed by atoms with van der Waals surface area (Å²) in [6.07, 6.45) is 1.31. The second-order valence-electron chi connectivity index (χ2n) is 5.32. The Morgan fingerprint density at radius 3 is 2.10 bits per heavy atom. The van der Waals surface area contributed by atoms with Crippen LogP contribution in [0.4, 0.5) is 8.78 Å². The predicted molar refractivity (Wildman–Crippen MR) is 71.8 cm³/mol. The van der Waals surface area contributed by atoms with E-state index in [1.807, 2.05) is 14.0 Å². The van der Waals surface area contributed by atoms with Gasteiger partial charge < -0.3 is 5.32 Å². The van der Waals surface area contributed by atoms with Crippen molar-refractivity contribution < 1.29 is 17.2 Å². The third-order valence-corrected chi connectivity index (χ3v) is 5.78. The van der Waals surface area contributed by atoms with Crippen molar-refractivity contribution in [2.24, 2.45) is 0 Å². The minimum absolute atomic E-state index is 0.0980. The Kier molecular flexibility index (Phi) is 4.13. The van der Waals surface area contributed by atoms with Crippen LogP contribution in [0.15, 0.2) is 23.1 Å². The van der Waals surface area contributed by atoms with Gasteiger partial charge in [-0.05, 0) is 38.9 Å². The van der Waals surface area contributed by atoms with E-state index in [4.69, 9.17) is 0 Å². The van der Waals surface area contributed by atoms with Gasteiger partial charge in [0.15, 0.2) is 0 Å². The minimum Gasteiger partial charge on any atom is -0.314 e. The summed E-state index contributed by atoms with van der Waals surface area (Å²) in [7, 11) is -2.00. The van der Waals surface area contributed by atoms with Crippen molar-refractivity contribution in [3.05, 3.63) is 29.8 Å². The van der Waals surface area contributed by atoms with Gasteiger partial charge in [-0.15, -0.1) is 0 Å². The Morgan fingerprint density at radius 1 is 1.15 bits per heavy atom. The van der Waals surface area contributed by atoms with E-state index in [0.717, 1.165) is 12.1 Å². The van der Waals surface area contributed by atoms with Crippen molar-refractivity contribution in [1.29, 1.82) is 0 Å². The molecule has 20 heavy (non-hydrogen) atoms. The third kappa shape index (κ3) is 2.99. The summed E-state index contributed by atoms with van der Waals surface area (Å²) < 4.78 is 52.3. The number of nitrogens with zero attached hydrogens (tertiary/aromatic N) is 1. The highest BCUT2D eigenvalue weighted by Crippen LogP contribution is 2.26. The van der Waals surface area contributed by atoms with Gasteiger partial charge in [-0.3, -0.25) is 0 Å². The van der Waals surface area contributed by atoms with E-state index in [1.54, 1.807) is 0 Å². The van der Waals surface area contributed by atoms with Crippen molar-refractivity contribution >= 4 is 10.0 Å². The van der Waals surface area contributed by atoms with Crippen LogP contribution >= 0.6 is 0 Å². The fourth-order valence-electron chi connectivity index (χ4n) is 2.30. The molecule has 1 saturated heterocycles. The molecule has 0 saturated carbocycles. The topological polar surface area (TPSA) is 49.4 Å². The first-order valence-corrected chi connectivity index (χ1v) is 7.86. The van der Waals surface area contributed by atoms with E-state index in [2.05, 4.69) is 5.32 Å². The van der Waals surface area contributed by atoms with Crippen LogP contribution in [0.25, 0.3) is 0 Å². The summed E-state index contributed by atoms with van der Waals surface area (Å²) in [5, 5.41) is 3.17. The number of hydrogen-bond acceptors (Lipinski definition) is 3. The maximum atomic E-state index is 13.2. The first-order chi connectivity index (χ1) is 9.27. The van der Waals surface area contributed by atoms with E-state index >= 15 is 0 Å².